The first kappa shape index (κ1) is 9.06. The maximum Gasteiger partial charge on any atom is 0.121 e. The Bertz CT molecular complexity index is 234. The van der Waals surface area contributed by atoms with Crippen LogP contribution in [0.1, 0.15) is 12.6 Å². The lowest BCUT2D eigenvalue weighted by molar-refractivity contribution is 0.576. The predicted molar refractivity (Wildman–Crippen MR) is 49.5 cm³/mol. The van der Waals surface area contributed by atoms with Crippen LogP contribution in [0.4, 0.5) is 5.82 Å². The molecule has 1 unspecified atom stereocenters. The van der Waals surface area contributed by atoms with Crippen molar-refractivity contribution in [3.05, 3.63) is 11.8 Å². The summed E-state index contributed by atoms with van der Waals surface area (Å²) < 4.78 is 1.68. The minimum atomic E-state index is 0.472. The van der Waals surface area contributed by atoms with Crippen LogP contribution in [0.15, 0.2) is 6.07 Å². The van der Waals surface area contributed by atoms with Crippen LogP contribution in [-0.4, -0.2) is 16.3 Å². The first-order valence-corrected chi connectivity index (χ1v) is 4.12. The number of nitrogens with zero attached hydrogens (tertiary/aromatic N) is 2. The van der Waals surface area contributed by atoms with Gasteiger partial charge in [-0.15, -0.1) is 0 Å². The average molecular weight is 168 g/mol. The monoisotopic (exact) mass is 168 g/mol. The fourth-order valence-corrected chi connectivity index (χ4v) is 1.08. The van der Waals surface area contributed by atoms with Crippen LogP contribution in [0.2, 0.25) is 0 Å². The zero-order valence-corrected chi connectivity index (χ0v) is 7.62. The first-order chi connectivity index (χ1) is 5.63. The standard InChI is InChI=1S/C8H16N4/c1-6(5-9)3-7-4-8(10)12(2)11-7/h4,6H,3,5,9-10H2,1-2H3. The highest BCUT2D eigenvalue weighted by atomic mass is 15.3. The SMILES string of the molecule is CC(CN)Cc1cc(N)n(C)n1. The van der Waals surface area contributed by atoms with Gasteiger partial charge in [-0.05, 0) is 18.9 Å². The number of rotatable bonds is 3. The van der Waals surface area contributed by atoms with Crippen molar-refractivity contribution in [2.75, 3.05) is 12.3 Å². The quantitative estimate of drug-likeness (QED) is 0.674. The first-order valence-electron chi connectivity index (χ1n) is 4.12. The van der Waals surface area contributed by atoms with Crippen molar-refractivity contribution in [2.45, 2.75) is 13.3 Å². The third-order valence-electron chi connectivity index (χ3n) is 1.93. The smallest absolute Gasteiger partial charge is 0.121 e. The summed E-state index contributed by atoms with van der Waals surface area (Å²) in [6.45, 7) is 2.79. The van der Waals surface area contributed by atoms with E-state index in [9.17, 15) is 0 Å². The predicted octanol–water partition coefficient (Wildman–Crippen LogP) is 0.140. The maximum absolute atomic E-state index is 5.63. The second-order valence-electron chi connectivity index (χ2n) is 3.23. The van der Waals surface area contributed by atoms with Crippen LogP contribution in [0.5, 0.6) is 0 Å². The summed E-state index contributed by atoms with van der Waals surface area (Å²) in [6, 6.07) is 1.90. The van der Waals surface area contributed by atoms with Crippen molar-refractivity contribution in [2.24, 2.45) is 18.7 Å². The summed E-state index contributed by atoms with van der Waals surface area (Å²) in [7, 11) is 1.84. The molecule has 4 nitrogen and oxygen atoms in total. The normalized spacial score (nSPS) is 13.2. The highest BCUT2D eigenvalue weighted by molar-refractivity contribution is 5.30. The van der Waals surface area contributed by atoms with Crippen LogP contribution in [0.3, 0.4) is 0 Å². The Hall–Kier alpha value is -1.03. The number of aromatic nitrogens is 2. The van der Waals surface area contributed by atoms with Crippen LogP contribution >= 0.6 is 0 Å². The van der Waals surface area contributed by atoms with Gasteiger partial charge in [0, 0.05) is 13.1 Å². The molecule has 0 fully saturated rings. The lowest BCUT2D eigenvalue weighted by Crippen LogP contribution is -2.13. The van der Waals surface area contributed by atoms with Gasteiger partial charge in [-0.3, -0.25) is 4.68 Å². The van der Waals surface area contributed by atoms with Gasteiger partial charge in [0.25, 0.3) is 0 Å². The van der Waals surface area contributed by atoms with E-state index in [2.05, 4.69) is 12.0 Å². The van der Waals surface area contributed by atoms with Gasteiger partial charge in [0.15, 0.2) is 0 Å². The summed E-state index contributed by atoms with van der Waals surface area (Å²) >= 11 is 0. The van der Waals surface area contributed by atoms with Gasteiger partial charge in [-0.25, -0.2) is 0 Å². The molecule has 4 N–H and O–H groups in total. The van der Waals surface area contributed by atoms with Gasteiger partial charge in [0.2, 0.25) is 0 Å². The second kappa shape index (κ2) is 3.58. The van der Waals surface area contributed by atoms with Gasteiger partial charge in [-0.1, -0.05) is 6.92 Å². The van der Waals surface area contributed by atoms with E-state index in [1.807, 2.05) is 13.1 Å². The van der Waals surface area contributed by atoms with Crippen molar-refractivity contribution in [3.8, 4) is 0 Å². The van der Waals surface area contributed by atoms with Crippen LogP contribution in [-0.2, 0) is 13.5 Å². The summed E-state index contributed by atoms with van der Waals surface area (Å²) in [4.78, 5) is 0. The van der Waals surface area contributed by atoms with Crippen LogP contribution in [0, 0.1) is 5.92 Å². The molecule has 0 saturated carbocycles. The molecule has 0 amide bonds. The summed E-state index contributed by atoms with van der Waals surface area (Å²) in [5, 5.41) is 4.23. The molecule has 0 bridgehead atoms. The zero-order valence-electron chi connectivity index (χ0n) is 7.62. The van der Waals surface area contributed by atoms with E-state index in [1.54, 1.807) is 4.68 Å². The maximum atomic E-state index is 5.63. The van der Waals surface area contributed by atoms with E-state index in [-0.39, 0.29) is 0 Å². The topological polar surface area (TPSA) is 69.9 Å². The molecule has 0 aliphatic carbocycles. The molecular weight excluding hydrogens is 152 g/mol. The highest BCUT2D eigenvalue weighted by Gasteiger charge is 2.05. The Morgan fingerprint density at radius 1 is 1.67 bits per heavy atom. The highest BCUT2D eigenvalue weighted by Crippen LogP contribution is 2.09. The minimum absolute atomic E-state index is 0.472. The van der Waals surface area contributed by atoms with Gasteiger partial charge in [0.1, 0.15) is 5.82 Å². The molecule has 68 valence electrons. The Morgan fingerprint density at radius 3 is 2.75 bits per heavy atom. The molecular formula is C8H16N4. The fraction of sp³-hybridized carbons (Fsp3) is 0.625. The Balaban J connectivity index is 2.64. The molecule has 0 spiro atoms. The molecule has 1 heterocycles. The molecule has 0 aliphatic heterocycles. The van der Waals surface area contributed by atoms with Crippen LogP contribution < -0.4 is 11.5 Å². The van der Waals surface area contributed by atoms with E-state index in [0.29, 0.717) is 18.3 Å². The number of nitrogen functional groups attached to an aromatic ring is 1. The fourth-order valence-electron chi connectivity index (χ4n) is 1.08. The van der Waals surface area contributed by atoms with E-state index < -0.39 is 0 Å². The van der Waals surface area contributed by atoms with Crippen molar-refractivity contribution < 1.29 is 0 Å². The van der Waals surface area contributed by atoms with Gasteiger partial charge in [0.05, 0.1) is 5.69 Å². The molecule has 1 atom stereocenters. The largest absolute Gasteiger partial charge is 0.384 e. The van der Waals surface area contributed by atoms with E-state index in [0.717, 1.165) is 12.1 Å². The number of hydrogen-bond donors (Lipinski definition) is 2. The molecule has 1 rings (SSSR count). The molecule has 0 saturated heterocycles. The van der Waals surface area contributed by atoms with Crippen molar-refractivity contribution >= 4 is 5.82 Å². The van der Waals surface area contributed by atoms with E-state index >= 15 is 0 Å². The Morgan fingerprint density at radius 2 is 2.33 bits per heavy atom. The minimum Gasteiger partial charge on any atom is -0.384 e. The van der Waals surface area contributed by atoms with E-state index in [4.69, 9.17) is 11.5 Å². The molecule has 0 radical (unpaired) electrons. The van der Waals surface area contributed by atoms with Gasteiger partial charge in [-0.2, -0.15) is 5.10 Å². The van der Waals surface area contributed by atoms with E-state index in [1.165, 1.54) is 0 Å². The number of aryl methyl sites for hydroxylation is 1. The Kier molecular flexibility index (Phi) is 2.70. The zero-order chi connectivity index (χ0) is 9.14. The van der Waals surface area contributed by atoms with Crippen molar-refractivity contribution in [1.29, 1.82) is 0 Å². The van der Waals surface area contributed by atoms with Crippen molar-refractivity contribution in [1.82, 2.24) is 9.78 Å². The Labute approximate surface area is 72.5 Å². The van der Waals surface area contributed by atoms with Gasteiger partial charge >= 0.3 is 0 Å². The van der Waals surface area contributed by atoms with Crippen LogP contribution in [0.25, 0.3) is 0 Å². The summed E-state index contributed by atoms with van der Waals surface area (Å²) in [5.74, 6) is 1.17. The number of anilines is 1. The summed E-state index contributed by atoms with van der Waals surface area (Å²) in [5.41, 5.74) is 12.1. The third kappa shape index (κ3) is 1.98. The summed E-state index contributed by atoms with van der Waals surface area (Å²) in [6.07, 6.45) is 0.904. The third-order valence-corrected chi connectivity index (χ3v) is 1.93. The molecule has 4 heteroatoms. The molecule has 1 aromatic rings. The van der Waals surface area contributed by atoms with Crippen molar-refractivity contribution in [3.63, 3.8) is 0 Å². The van der Waals surface area contributed by atoms with Gasteiger partial charge < -0.3 is 11.5 Å². The molecule has 12 heavy (non-hydrogen) atoms. The number of hydrogen-bond acceptors (Lipinski definition) is 3. The molecule has 0 aliphatic rings. The second-order valence-corrected chi connectivity index (χ2v) is 3.23. The average Bonchev–Trinajstić information content (AvgIpc) is 2.31. The molecule has 0 aromatic carbocycles. The molecule has 1 aromatic heterocycles. The lowest BCUT2D eigenvalue weighted by Gasteiger charge is -2.03. The number of nitrogens with two attached hydrogens (primary N) is 2. The lowest BCUT2D eigenvalue weighted by atomic mass is 10.1.